The Labute approximate surface area is 146 Å². The predicted octanol–water partition coefficient (Wildman–Crippen LogP) is 6.32. The van der Waals surface area contributed by atoms with Crippen LogP contribution in [0.5, 0.6) is 0 Å². The zero-order chi connectivity index (χ0) is 17.7. The average Bonchev–Trinajstić information content (AvgIpc) is 3.02. The van der Waals surface area contributed by atoms with Gasteiger partial charge in [0.25, 0.3) is 0 Å². The average molecular weight is 323 g/mol. The van der Waals surface area contributed by atoms with Crippen LogP contribution >= 0.6 is 0 Å². The van der Waals surface area contributed by atoms with Gasteiger partial charge in [-0.2, -0.15) is 0 Å². The van der Waals surface area contributed by atoms with E-state index >= 15 is 0 Å². The van der Waals surface area contributed by atoms with Crippen molar-refractivity contribution in [2.45, 2.75) is 71.6 Å². The minimum absolute atomic E-state index is 0.218. The van der Waals surface area contributed by atoms with Crippen LogP contribution in [0.2, 0.25) is 0 Å². The Balaban J connectivity index is 2.20. The predicted molar refractivity (Wildman–Crippen MR) is 101 cm³/mol. The molecule has 0 radical (unpaired) electrons. The first-order chi connectivity index (χ1) is 11.1. The van der Waals surface area contributed by atoms with Gasteiger partial charge in [0.15, 0.2) is 5.76 Å². The molecule has 24 heavy (non-hydrogen) atoms. The number of benzene rings is 1. The Hall–Kier alpha value is -1.83. The van der Waals surface area contributed by atoms with Crippen molar-refractivity contribution < 1.29 is 4.52 Å². The highest BCUT2D eigenvalue weighted by atomic mass is 16.5. The highest BCUT2D eigenvalue weighted by Crippen LogP contribution is 2.51. The van der Waals surface area contributed by atoms with E-state index in [1.54, 1.807) is 6.20 Å². The molecule has 1 heterocycles. The summed E-state index contributed by atoms with van der Waals surface area (Å²) in [4.78, 5) is 0. The molecule has 1 aromatic heterocycles. The third-order valence-corrected chi connectivity index (χ3v) is 5.40. The molecule has 1 aliphatic rings. The van der Waals surface area contributed by atoms with Crippen molar-refractivity contribution >= 4 is 11.6 Å². The lowest BCUT2D eigenvalue weighted by molar-refractivity contribution is 0.403. The van der Waals surface area contributed by atoms with Crippen LogP contribution in [0.3, 0.4) is 0 Å². The first kappa shape index (κ1) is 17.0. The molecule has 0 atom stereocenters. The van der Waals surface area contributed by atoms with Gasteiger partial charge in [0.1, 0.15) is 0 Å². The summed E-state index contributed by atoms with van der Waals surface area (Å²) >= 11 is 0. The third-order valence-electron chi connectivity index (χ3n) is 5.40. The van der Waals surface area contributed by atoms with Gasteiger partial charge in [-0.25, -0.2) is 0 Å². The van der Waals surface area contributed by atoms with Gasteiger partial charge in [-0.05, 0) is 64.0 Å². The molecule has 0 spiro atoms. The number of allylic oxidation sites excluding steroid dienone is 1. The van der Waals surface area contributed by atoms with Crippen LogP contribution in [-0.2, 0) is 10.8 Å². The minimum atomic E-state index is 0.218. The molecule has 0 aliphatic heterocycles. The lowest BCUT2D eigenvalue weighted by Crippen LogP contribution is -2.18. The maximum atomic E-state index is 5.27. The van der Waals surface area contributed by atoms with Crippen molar-refractivity contribution in [3.8, 4) is 0 Å². The van der Waals surface area contributed by atoms with Crippen LogP contribution in [0.15, 0.2) is 28.9 Å². The number of aromatic nitrogens is 1. The molecule has 1 aliphatic carbocycles. The standard InChI is InChI=1S/C22H29NO/c1-14(2)17-11-19-20(22(6,7)13-21(19,4)5)12-18(17)15(3)10-16-8-9-23-24-16/h8-12,14H,13H2,1-7H3/b15-10+. The van der Waals surface area contributed by atoms with E-state index in [4.69, 9.17) is 4.52 Å². The molecule has 2 aromatic rings. The van der Waals surface area contributed by atoms with Crippen molar-refractivity contribution in [3.05, 3.63) is 52.4 Å². The van der Waals surface area contributed by atoms with Gasteiger partial charge in [-0.1, -0.05) is 58.8 Å². The smallest absolute Gasteiger partial charge is 0.159 e. The van der Waals surface area contributed by atoms with E-state index in [0.717, 1.165) is 5.76 Å². The molecule has 1 aromatic carbocycles. The van der Waals surface area contributed by atoms with Gasteiger partial charge in [0.2, 0.25) is 0 Å². The maximum Gasteiger partial charge on any atom is 0.159 e. The monoisotopic (exact) mass is 323 g/mol. The van der Waals surface area contributed by atoms with E-state index < -0.39 is 0 Å². The number of hydrogen-bond donors (Lipinski definition) is 0. The zero-order valence-corrected chi connectivity index (χ0v) is 16.0. The fourth-order valence-electron chi connectivity index (χ4n) is 4.44. The largest absolute Gasteiger partial charge is 0.357 e. The number of nitrogens with zero attached hydrogens (tertiary/aromatic N) is 1. The Morgan fingerprint density at radius 3 is 2.29 bits per heavy atom. The Bertz CT molecular complexity index is 777. The Morgan fingerprint density at radius 1 is 1.12 bits per heavy atom. The molecule has 0 amide bonds. The molecule has 0 saturated carbocycles. The van der Waals surface area contributed by atoms with Crippen LogP contribution in [-0.4, -0.2) is 5.16 Å². The summed E-state index contributed by atoms with van der Waals surface area (Å²) in [6, 6.07) is 6.79. The highest BCUT2D eigenvalue weighted by Gasteiger charge is 2.42. The molecular weight excluding hydrogens is 294 g/mol. The molecule has 0 saturated heterocycles. The first-order valence-corrected chi connectivity index (χ1v) is 8.90. The second-order valence-corrected chi connectivity index (χ2v) is 8.83. The van der Waals surface area contributed by atoms with E-state index in [1.807, 2.05) is 6.07 Å². The van der Waals surface area contributed by atoms with Crippen molar-refractivity contribution in [1.29, 1.82) is 0 Å². The summed E-state index contributed by atoms with van der Waals surface area (Å²) in [5.41, 5.74) is 7.47. The van der Waals surface area contributed by atoms with E-state index in [-0.39, 0.29) is 10.8 Å². The van der Waals surface area contributed by atoms with Gasteiger partial charge in [0.05, 0.1) is 6.20 Å². The van der Waals surface area contributed by atoms with E-state index in [1.165, 1.54) is 34.2 Å². The van der Waals surface area contributed by atoms with Gasteiger partial charge >= 0.3 is 0 Å². The van der Waals surface area contributed by atoms with Crippen LogP contribution in [0.4, 0.5) is 0 Å². The molecule has 0 N–H and O–H groups in total. The summed E-state index contributed by atoms with van der Waals surface area (Å²) in [7, 11) is 0. The van der Waals surface area contributed by atoms with Gasteiger partial charge < -0.3 is 4.52 Å². The molecule has 2 nitrogen and oxygen atoms in total. The molecule has 0 fully saturated rings. The van der Waals surface area contributed by atoms with Gasteiger partial charge in [-0.15, -0.1) is 0 Å². The molecule has 0 bridgehead atoms. The highest BCUT2D eigenvalue weighted by molar-refractivity contribution is 5.81. The second-order valence-electron chi connectivity index (χ2n) is 8.83. The molecule has 2 heteroatoms. The fraction of sp³-hybridized carbons (Fsp3) is 0.500. The SMILES string of the molecule is C/C(=C\c1ccno1)c1cc2c(cc1C(C)C)C(C)(C)CC2(C)C. The number of rotatable bonds is 3. The maximum absolute atomic E-state index is 5.27. The summed E-state index contributed by atoms with van der Waals surface area (Å²) in [6.45, 7) is 16.2. The van der Waals surface area contributed by atoms with Crippen molar-refractivity contribution in [1.82, 2.24) is 5.16 Å². The number of hydrogen-bond acceptors (Lipinski definition) is 2. The quantitative estimate of drug-likeness (QED) is 0.661. The lowest BCUT2D eigenvalue weighted by atomic mass is 9.82. The topological polar surface area (TPSA) is 26.0 Å². The van der Waals surface area contributed by atoms with Crippen LogP contribution in [0.1, 0.15) is 88.8 Å². The fourth-order valence-corrected chi connectivity index (χ4v) is 4.44. The molecular formula is C22H29NO. The van der Waals surface area contributed by atoms with Gasteiger partial charge in [0, 0.05) is 6.07 Å². The van der Waals surface area contributed by atoms with E-state index in [0.29, 0.717) is 5.92 Å². The zero-order valence-electron chi connectivity index (χ0n) is 16.0. The van der Waals surface area contributed by atoms with Crippen molar-refractivity contribution in [3.63, 3.8) is 0 Å². The molecule has 3 rings (SSSR count). The summed E-state index contributed by atoms with van der Waals surface area (Å²) in [6.07, 6.45) is 4.98. The molecule has 0 unspecified atom stereocenters. The van der Waals surface area contributed by atoms with Crippen LogP contribution in [0.25, 0.3) is 11.6 Å². The third kappa shape index (κ3) is 2.83. The summed E-state index contributed by atoms with van der Waals surface area (Å²) in [5.74, 6) is 1.30. The Kier molecular flexibility index (Phi) is 3.98. The van der Waals surface area contributed by atoms with Crippen LogP contribution in [0, 0.1) is 0 Å². The normalized spacial score (nSPS) is 18.9. The summed E-state index contributed by atoms with van der Waals surface area (Å²) < 4.78 is 5.27. The minimum Gasteiger partial charge on any atom is -0.357 e. The van der Waals surface area contributed by atoms with E-state index in [2.05, 4.69) is 71.8 Å². The van der Waals surface area contributed by atoms with E-state index in [9.17, 15) is 0 Å². The molecule has 128 valence electrons. The summed E-state index contributed by atoms with van der Waals surface area (Å²) in [5, 5.41) is 3.81. The number of fused-ring (bicyclic) bond motifs is 1. The van der Waals surface area contributed by atoms with Crippen LogP contribution < -0.4 is 0 Å². The van der Waals surface area contributed by atoms with Gasteiger partial charge in [-0.3, -0.25) is 0 Å². The second kappa shape index (κ2) is 5.61. The first-order valence-electron chi connectivity index (χ1n) is 8.90. The lowest BCUT2D eigenvalue weighted by Gasteiger charge is -2.22. The van der Waals surface area contributed by atoms with Crippen molar-refractivity contribution in [2.24, 2.45) is 0 Å². The Morgan fingerprint density at radius 2 is 1.75 bits per heavy atom. The van der Waals surface area contributed by atoms with Crippen molar-refractivity contribution in [2.75, 3.05) is 0 Å².